The molecule has 7 nitrogen and oxygen atoms in total. The van der Waals surface area contributed by atoms with Crippen LogP contribution in [0, 0.1) is 0 Å². The molecule has 0 aliphatic heterocycles. The molecule has 2 aromatic carbocycles. The highest BCUT2D eigenvalue weighted by Gasteiger charge is 2.32. The van der Waals surface area contributed by atoms with E-state index in [1.807, 2.05) is 6.92 Å². The van der Waals surface area contributed by atoms with Crippen molar-refractivity contribution in [3.05, 3.63) is 63.1 Å². The second kappa shape index (κ2) is 12.6. The summed E-state index contributed by atoms with van der Waals surface area (Å²) in [5.74, 6) is -0.870. The number of amides is 2. The maximum Gasteiger partial charge on any atom is 0.244 e. The zero-order chi connectivity index (χ0) is 25.5. The van der Waals surface area contributed by atoms with Gasteiger partial charge in [-0.2, -0.15) is 0 Å². The zero-order valence-corrected chi connectivity index (χ0v) is 22.3. The molecule has 0 unspecified atom stereocenters. The quantitative estimate of drug-likeness (QED) is 0.439. The van der Waals surface area contributed by atoms with Crippen LogP contribution in [0.4, 0.5) is 5.69 Å². The summed E-state index contributed by atoms with van der Waals surface area (Å²) in [5.41, 5.74) is 0.867. The number of nitrogens with zero attached hydrogens (tertiary/aromatic N) is 2. The molecule has 0 fully saturated rings. The largest absolute Gasteiger partial charge is 0.354 e. The number of hydrogen-bond donors (Lipinski definition) is 1. The van der Waals surface area contributed by atoms with Crippen LogP contribution in [0.5, 0.6) is 0 Å². The molecule has 0 heterocycles. The highest BCUT2D eigenvalue weighted by atomic mass is 35.5. The molecule has 2 rings (SSSR count). The number of hydrogen-bond acceptors (Lipinski definition) is 4. The van der Waals surface area contributed by atoms with E-state index < -0.39 is 28.5 Å². The van der Waals surface area contributed by atoms with Crippen LogP contribution in [-0.2, 0) is 26.2 Å². The average molecular weight is 549 g/mol. The van der Waals surface area contributed by atoms with Gasteiger partial charge in [0.1, 0.15) is 12.6 Å². The van der Waals surface area contributed by atoms with E-state index in [0.29, 0.717) is 33.6 Å². The molecule has 1 N–H and O–H groups in total. The molecule has 0 aliphatic rings. The van der Waals surface area contributed by atoms with Crippen molar-refractivity contribution in [2.75, 3.05) is 23.7 Å². The Hall–Kier alpha value is -2.00. The number of halogens is 3. The molecule has 186 valence electrons. The van der Waals surface area contributed by atoms with E-state index in [1.54, 1.807) is 25.1 Å². The van der Waals surface area contributed by atoms with Gasteiger partial charge >= 0.3 is 0 Å². The van der Waals surface area contributed by atoms with Crippen molar-refractivity contribution >= 4 is 62.3 Å². The number of benzene rings is 2. The fourth-order valence-electron chi connectivity index (χ4n) is 3.34. The van der Waals surface area contributed by atoms with Crippen molar-refractivity contribution in [2.45, 2.75) is 39.3 Å². The minimum Gasteiger partial charge on any atom is -0.354 e. The lowest BCUT2D eigenvalue weighted by molar-refractivity contribution is -0.140. The summed E-state index contributed by atoms with van der Waals surface area (Å²) in [6, 6.07) is 10.2. The minimum absolute atomic E-state index is 0.00507. The van der Waals surface area contributed by atoms with E-state index >= 15 is 0 Å². The molecule has 0 aromatic heterocycles. The number of rotatable bonds is 11. The van der Waals surface area contributed by atoms with Crippen LogP contribution < -0.4 is 9.62 Å². The first-order chi connectivity index (χ1) is 16.0. The van der Waals surface area contributed by atoms with Gasteiger partial charge in [-0.25, -0.2) is 8.42 Å². The van der Waals surface area contributed by atoms with Crippen LogP contribution in [0.25, 0.3) is 0 Å². The molecule has 1 atom stereocenters. The van der Waals surface area contributed by atoms with Crippen LogP contribution >= 0.6 is 34.8 Å². The normalized spacial score (nSPS) is 12.2. The number of carbonyl (C=O) groups excluding carboxylic acids is 2. The number of sulfonamides is 1. The summed E-state index contributed by atoms with van der Waals surface area (Å²) in [4.78, 5) is 27.8. The Labute approximate surface area is 216 Å². The summed E-state index contributed by atoms with van der Waals surface area (Å²) < 4.78 is 26.1. The molecule has 0 aliphatic carbocycles. The summed E-state index contributed by atoms with van der Waals surface area (Å²) >= 11 is 18.3. The van der Waals surface area contributed by atoms with Crippen LogP contribution in [-0.4, -0.2) is 50.5 Å². The highest BCUT2D eigenvalue weighted by molar-refractivity contribution is 7.92. The third kappa shape index (κ3) is 7.77. The van der Waals surface area contributed by atoms with Gasteiger partial charge in [-0.15, -0.1) is 0 Å². The smallest absolute Gasteiger partial charge is 0.244 e. The first-order valence-corrected chi connectivity index (χ1v) is 13.7. The van der Waals surface area contributed by atoms with Gasteiger partial charge < -0.3 is 10.2 Å². The van der Waals surface area contributed by atoms with Crippen molar-refractivity contribution in [2.24, 2.45) is 0 Å². The first-order valence-electron chi connectivity index (χ1n) is 10.7. The van der Waals surface area contributed by atoms with Gasteiger partial charge in [-0.3, -0.25) is 13.9 Å². The molecule has 11 heteroatoms. The van der Waals surface area contributed by atoms with Gasteiger partial charge in [0.2, 0.25) is 21.8 Å². The topological polar surface area (TPSA) is 86.8 Å². The van der Waals surface area contributed by atoms with E-state index in [-0.39, 0.29) is 18.1 Å². The Morgan fingerprint density at radius 3 is 2.15 bits per heavy atom. The second-order valence-corrected chi connectivity index (χ2v) is 10.9. The third-order valence-corrected chi connectivity index (χ3v) is 7.06. The molecular weight excluding hydrogens is 521 g/mol. The lowest BCUT2D eigenvalue weighted by Crippen LogP contribution is -2.52. The maximum atomic E-state index is 13.5. The lowest BCUT2D eigenvalue weighted by atomic mass is 10.1. The highest BCUT2D eigenvalue weighted by Crippen LogP contribution is 2.25. The molecule has 34 heavy (non-hydrogen) atoms. The molecule has 0 saturated carbocycles. The Bertz CT molecular complexity index is 1110. The van der Waals surface area contributed by atoms with Crippen LogP contribution in [0.3, 0.4) is 0 Å². The SMILES string of the molecule is CCCNC(=O)[C@H](CC)N(Cc1ccc(Cl)cc1Cl)C(=O)CN(c1ccc(Cl)cc1)S(C)(=O)=O. The Morgan fingerprint density at radius 1 is 1.00 bits per heavy atom. The fourth-order valence-corrected chi connectivity index (χ4v) is 4.78. The molecule has 2 aromatic rings. The van der Waals surface area contributed by atoms with Crippen molar-refractivity contribution in [1.29, 1.82) is 0 Å². The maximum absolute atomic E-state index is 13.5. The predicted molar refractivity (Wildman–Crippen MR) is 138 cm³/mol. The van der Waals surface area contributed by atoms with E-state index in [0.717, 1.165) is 17.0 Å². The first kappa shape index (κ1) is 28.2. The lowest BCUT2D eigenvalue weighted by Gasteiger charge is -2.33. The van der Waals surface area contributed by atoms with E-state index in [4.69, 9.17) is 34.8 Å². The second-order valence-electron chi connectivity index (χ2n) is 7.72. The van der Waals surface area contributed by atoms with E-state index in [2.05, 4.69) is 5.32 Å². The third-order valence-electron chi connectivity index (χ3n) is 5.08. The fraction of sp³-hybridized carbons (Fsp3) is 0.391. The van der Waals surface area contributed by atoms with Gasteiger partial charge in [0.25, 0.3) is 0 Å². The monoisotopic (exact) mass is 547 g/mol. The summed E-state index contributed by atoms with van der Waals surface area (Å²) in [6.45, 7) is 3.68. The molecule has 2 amide bonds. The Morgan fingerprint density at radius 2 is 1.62 bits per heavy atom. The summed E-state index contributed by atoms with van der Waals surface area (Å²) in [6.07, 6.45) is 2.07. The van der Waals surface area contributed by atoms with E-state index in [1.165, 1.54) is 29.2 Å². The predicted octanol–water partition coefficient (Wildman–Crippen LogP) is 4.75. The van der Waals surface area contributed by atoms with E-state index in [9.17, 15) is 18.0 Å². The Kier molecular flexibility index (Phi) is 10.5. The molecule has 0 bridgehead atoms. The molecule has 0 radical (unpaired) electrons. The van der Waals surface area contributed by atoms with Crippen molar-refractivity contribution in [3.8, 4) is 0 Å². The molecular formula is C23H28Cl3N3O4S. The van der Waals surface area contributed by atoms with Gasteiger partial charge in [0.15, 0.2) is 0 Å². The number of anilines is 1. The zero-order valence-electron chi connectivity index (χ0n) is 19.2. The van der Waals surface area contributed by atoms with Crippen molar-refractivity contribution in [3.63, 3.8) is 0 Å². The Balaban J connectivity index is 2.44. The summed E-state index contributed by atoms with van der Waals surface area (Å²) in [7, 11) is -3.81. The van der Waals surface area contributed by atoms with Gasteiger partial charge in [0, 0.05) is 28.2 Å². The number of nitrogens with one attached hydrogen (secondary N) is 1. The number of carbonyl (C=O) groups is 2. The molecule has 0 saturated heterocycles. The van der Waals surface area contributed by atoms with Crippen LogP contribution in [0.2, 0.25) is 15.1 Å². The van der Waals surface area contributed by atoms with Gasteiger partial charge in [0.05, 0.1) is 11.9 Å². The molecule has 0 spiro atoms. The van der Waals surface area contributed by atoms with Gasteiger partial charge in [-0.05, 0) is 54.8 Å². The van der Waals surface area contributed by atoms with Crippen LogP contribution in [0.15, 0.2) is 42.5 Å². The average Bonchev–Trinajstić information content (AvgIpc) is 2.77. The van der Waals surface area contributed by atoms with Crippen molar-refractivity contribution < 1.29 is 18.0 Å². The van der Waals surface area contributed by atoms with Crippen molar-refractivity contribution in [1.82, 2.24) is 10.2 Å². The van der Waals surface area contributed by atoms with Gasteiger partial charge in [-0.1, -0.05) is 54.7 Å². The summed E-state index contributed by atoms with van der Waals surface area (Å²) in [5, 5.41) is 4.02. The standard InChI is InChI=1S/C23H28Cl3N3O4S/c1-4-12-27-23(31)21(5-2)28(14-16-6-7-18(25)13-20(16)26)22(30)15-29(34(3,32)33)19-10-8-17(24)9-11-19/h6-11,13,21H,4-5,12,14-15H2,1-3H3,(H,27,31)/t21-/m0/s1. The minimum atomic E-state index is -3.81. The van der Waals surface area contributed by atoms with Crippen LogP contribution in [0.1, 0.15) is 32.3 Å².